The summed E-state index contributed by atoms with van der Waals surface area (Å²) in [6, 6.07) is 12.3. The van der Waals surface area contributed by atoms with Gasteiger partial charge < -0.3 is 9.47 Å². The van der Waals surface area contributed by atoms with Crippen LogP contribution in [0.1, 0.15) is 24.5 Å². The number of aromatic nitrogens is 2. The van der Waals surface area contributed by atoms with E-state index in [1.165, 1.54) is 23.7 Å². The Kier molecular flexibility index (Phi) is 7.26. The van der Waals surface area contributed by atoms with Crippen molar-refractivity contribution in [2.45, 2.75) is 39.1 Å². The number of hydrogen-bond acceptors (Lipinski definition) is 5. The van der Waals surface area contributed by atoms with Gasteiger partial charge in [-0.2, -0.15) is 4.99 Å². The minimum Gasteiger partial charge on any atom is -0.442 e. The lowest BCUT2D eigenvalue weighted by Crippen LogP contribution is -2.39. The molecule has 2 aromatic carbocycles. The van der Waals surface area contributed by atoms with Crippen LogP contribution in [0, 0.1) is 5.92 Å². The van der Waals surface area contributed by atoms with Gasteiger partial charge in [0.2, 0.25) is 0 Å². The molecule has 0 N–H and O–H groups in total. The summed E-state index contributed by atoms with van der Waals surface area (Å²) in [5.74, 6) is -0.321. The van der Waals surface area contributed by atoms with Crippen molar-refractivity contribution in [1.82, 2.24) is 9.13 Å². The molecule has 1 unspecified atom stereocenters. The Balaban J connectivity index is 1.79. The second-order valence-corrected chi connectivity index (χ2v) is 8.77. The van der Waals surface area contributed by atoms with Crippen molar-refractivity contribution in [3.8, 4) is 11.5 Å². The minimum atomic E-state index is -4.86. The average Bonchev–Trinajstić information content (AvgIpc) is 2.98. The van der Waals surface area contributed by atoms with Gasteiger partial charge in [-0.05, 0) is 56.0 Å². The first-order valence-electron chi connectivity index (χ1n) is 11.2. The molecule has 1 atom stereocenters. The first kappa shape index (κ1) is 25.6. The molecule has 2 heterocycles. The molecule has 7 nitrogen and oxygen atoms in total. The van der Waals surface area contributed by atoms with Gasteiger partial charge in [0.15, 0.2) is 5.90 Å². The lowest BCUT2D eigenvalue weighted by Gasteiger charge is -2.19. The summed E-state index contributed by atoms with van der Waals surface area (Å²) >= 11 is 6.01. The third-order valence-corrected chi connectivity index (χ3v) is 6.14. The Morgan fingerprint density at radius 3 is 2.47 bits per heavy atom. The Labute approximate surface area is 209 Å². The van der Waals surface area contributed by atoms with Crippen molar-refractivity contribution in [2.24, 2.45) is 18.0 Å². The number of benzene rings is 2. The van der Waals surface area contributed by atoms with E-state index in [1.807, 2.05) is 12.1 Å². The van der Waals surface area contributed by atoms with Crippen molar-refractivity contribution in [3.63, 3.8) is 0 Å². The molecular formula is C25H23ClF3N3O4. The number of ether oxygens (including phenoxy) is 2. The standard InChI is InChI=1S/C25H23ClF3N3O4/c1-3-32-21-20(23(33)31(2)24(32)34)12-9-16(13-15-7-10-17(26)11-8-15)22(30-21)35-18-5-4-6-19(14-18)36-25(27,28)29/h4-8,10-11,14,16H,3,9,12-13H2,1-2H3. The number of aliphatic imine (C=N–C) groups is 1. The van der Waals surface area contributed by atoms with Gasteiger partial charge in [0.05, 0.1) is 5.56 Å². The Morgan fingerprint density at radius 2 is 1.81 bits per heavy atom. The Morgan fingerprint density at radius 1 is 1.11 bits per heavy atom. The predicted molar refractivity (Wildman–Crippen MR) is 129 cm³/mol. The summed E-state index contributed by atoms with van der Waals surface area (Å²) in [5.41, 5.74) is 0.367. The van der Waals surface area contributed by atoms with Crippen molar-refractivity contribution < 1.29 is 22.6 Å². The van der Waals surface area contributed by atoms with Crippen molar-refractivity contribution in [1.29, 1.82) is 0 Å². The van der Waals surface area contributed by atoms with E-state index in [9.17, 15) is 22.8 Å². The molecule has 0 aliphatic carbocycles. The molecule has 3 aromatic rings. The van der Waals surface area contributed by atoms with E-state index in [1.54, 1.807) is 19.1 Å². The summed E-state index contributed by atoms with van der Waals surface area (Å²) in [6.07, 6.45) is -3.58. The molecular weight excluding hydrogens is 499 g/mol. The SMILES string of the molecule is CCn1c2c(c(=O)n(C)c1=O)CCC(Cc1ccc(Cl)cc1)C(Oc1cccc(OC(F)(F)F)c1)=N2. The quantitative estimate of drug-likeness (QED) is 0.472. The highest BCUT2D eigenvalue weighted by Gasteiger charge is 2.32. The van der Waals surface area contributed by atoms with Gasteiger partial charge in [-0.1, -0.05) is 29.8 Å². The van der Waals surface area contributed by atoms with Crippen molar-refractivity contribution in [3.05, 3.63) is 85.5 Å². The maximum Gasteiger partial charge on any atom is 0.573 e. The van der Waals surface area contributed by atoms with E-state index in [0.29, 0.717) is 29.8 Å². The normalized spacial score (nSPS) is 15.6. The molecule has 0 amide bonds. The summed E-state index contributed by atoms with van der Waals surface area (Å²) < 4.78 is 50.6. The van der Waals surface area contributed by atoms with Crippen LogP contribution in [0.3, 0.4) is 0 Å². The van der Waals surface area contributed by atoms with Gasteiger partial charge in [-0.25, -0.2) is 4.79 Å². The zero-order valence-corrected chi connectivity index (χ0v) is 20.3. The largest absolute Gasteiger partial charge is 0.573 e. The first-order chi connectivity index (χ1) is 17.1. The van der Waals surface area contributed by atoms with E-state index in [0.717, 1.165) is 22.3 Å². The molecule has 1 aliphatic heterocycles. The van der Waals surface area contributed by atoms with Gasteiger partial charge >= 0.3 is 12.1 Å². The third kappa shape index (κ3) is 5.64. The summed E-state index contributed by atoms with van der Waals surface area (Å²) in [7, 11) is 1.42. The van der Waals surface area contributed by atoms with Crippen LogP contribution in [0.4, 0.5) is 19.0 Å². The van der Waals surface area contributed by atoms with Crippen LogP contribution in [-0.2, 0) is 26.4 Å². The number of halogens is 4. The molecule has 0 saturated heterocycles. The molecule has 36 heavy (non-hydrogen) atoms. The van der Waals surface area contributed by atoms with Crippen molar-refractivity contribution >= 4 is 23.3 Å². The lowest BCUT2D eigenvalue weighted by atomic mass is 9.93. The molecule has 11 heteroatoms. The molecule has 0 radical (unpaired) electrons. The second kappa shape index (κ2) is 10.2. The first-order valence-corrected chi connectivity index (χ1v) is 11.6. The number of hydrogen-bond donors (Lipinski definition) is 0. The third-order valence-electron chi connectivity index (χ3n) is 5.89. The number of fused-ring (bicyclic) bond motifs is 1. The minimum absolute atomic E-state index is 0.0780. The van der Waals surface area contributed by atoms with Gasteiger partial charge in [0.25, 0.3) is 5.56 Å². The molecule has 0 fully saturated rings. The van der Waals surface area contributed by atoms with Crippen LogP contribution in [0.5, 0.6) is 11.5 Å². The molecule has 0 spiro atoms. The monoisotopic (exact) mass is 521 g/mol. The molecule has 0 saturated carbocycles. The zero-order valence-electron chi connectivity index (χ0n) is 19.5. The second-order valence-electron chi connectivity index (χ2n) is 8.33. The molecule has 0 bridgehead atoms. The summed E-state index contributed by atoms with van der Waals surface area (Å²) in [4.78, 5) is 30.3. The molecule has 1 aromatic heterocycles. The topological polar surface area (TPSA) is 74.8 Å². The molecule has 4 rings (SSSR count). The van der Waals surface area contributed by atoms with Crippen LogP contribution in [0.25, 0.3) is 0 Å². The molecule has 190 valence electrons. The van der Waals surface area contributed by atoms with E-state index < -0.39 is 23.4 Å². The highest BCUT2D eigenvalue weighted by atomic mass is 35.5. The predicted octanol–water partition coefficient (Wildman–Crippen LogP) is 5.03. The van der Waals surface area contributed by atoms with E-state index in [2.05, 4.69) is 9.73 Å². The van der Waals surface area contributed by atoms with Crippen LogP contribution in [0.2, 0.25) is 5.02 Å². The van der Waals surface area contributed by atoms with Crippen LogP contribution >= 0.6 is 11.6 Å². The summed E-state index contributed by atoms with van der Waals surface area (Å²) in [6.45, 7) is 2.03. The highest BCUT2D eigenvalue weighted by Crippen LogP contribution is 2.31. The fraction of sp³-hybridized carbons (Fsp3) is 0.320. The average molecular weight is 522 g/mol. The Hall–Kier alpha value is -3.53. The summed E-state index contributed by atoms with van der Waals surface area (Å²) in [5, 5.41) is 0.578. The number of rotatable bonds is 5. The molecule has 1 aliphatic rings. The smallest absolute Gasteiger partial charge is 0.442 e. The number of nitrogens with zero attached hydrogens (tertiary/aromatic N) is 3. The van der Waals surface area contributed by atoms with Crippen molar-refractivity contribution in [2.75, 3.05) is 0 Å². The van der Waals surface area contributed by atoms with E-state index in [-0.39, 0.29) is 29.9 Å². The zero-order chi connectivity index (χ0) is 26.0. The van der Waals surface area contributed by atoms with Gasteiger partial charge in [0.1, 0.15) is 17.3 Å². The highest BCUT2D eigenvalue weighted by molar-refractivity contribution is 6.30. The lowest BCUT2D eigenvalue weighted by molar-refractivity contribution is -0.274. The van der Waals surface area contributed by atoms with Crippen LogP contribution < -0.4 is 20.7 Å². The Bertz CT molecular complexity index is 1410. The fourth-order valence-corrected chi connectivity index (χ4v) is 4.27. The van der Waals surface area contributed by atoms with Gasteiger partial charge in [-0.3, -0.25) is 13.9 Å². The fourth-order valence-electron chi connectivity index (χ4n) is 4.14. The van der Waals surface area contributed by atoms with E-state index >= 15 is 0 Å². The van der Waals surface area contributed by atoms with Crippen LogP contribution in [-0.4, -0.2) is 21.4 Å². The van der Waals surface area contributed by atoms with Gasteiger partial charge in [0, 0.05) is 30.6 Å². The number of alkyl halides is 3. The van der Waals surface area contributed by atoms with Gasteiger partial charge in [-0.15, -0.1) is 13.2 Å². The van der Waals surface area contributed by atoms with E-state index in [4.69, 9.17) is 16.3 Å². The van der Waals surface area contributed by atoms with Crippen LogP contribution in [0.15, 0.2) is 63.1 Å². The maximum atomic E-state index is 12.9. The maximum absolute atomic E-state index is 12.9.